The quantitative estimate of drug-likeness (QED) is 0.292. The maximum atomic E-state index is 9.16. The van der Waals surface area contributed by atoms with Crippen molar-refractivity contribution in [2.24, 2.45) is 0 Å². The molecular weight excluding hydrogens is 150 g/mol. The minimum Gasteiger partial charge on any atom is -0.395 e. The Morgan fingerprint density at radius 3 is 2.36 bits per heavy atom. The maximum absolute atomic E-state index is 9.16. The van der Waals surface area contributed by atoms with Gasteiger partial charge in [-0.05, 0) is 0 Å². The molecule has 1 heterocycles. The van der Waals surface area contributed by atoms with Crippen molar-refractivity contribution < 1.29 is 20.4 Å². The molecule has 5 N–H and O–H groups in total. The summed E-state index contributed by atoms with van der Waals surface area (Å²) in [6.07, 6.45) is -2.69. The molecule has 66 valence electrons. The van der Waals surface area contributed by atoms with Crippen LogP contribution >= 0.6 is 0 Å². The molecule has 1 aliphatic heterocycles. The van der Waals surface area contributed by atoms with E-state index in [2.05, 4.69) is 5.32 Å². The van der Waals surface area contributed by atoms with Gasteiger partial charge < -0.3 is 20.4 Å². The molecule has 0 saturated carbocycles. The third-order valence-corrected chi connectivity index (χ3v) is 1.89. The van der Waals surface area contributed by atoms with Crippen molar-refractivity contribution in [3.8, 4) is 0 Å². The largest absolute Gasteiger partial charge is 0.395 e. The molecule has 0 aromatic carbocycles. The first-order valence-corrected chi connectivity index (χ1v) is 3.56. The molecule has 5 heteroatoms. The number of rotatable bonds is 1. The summed E-state index contributed by atoms with van der Waals surface area (Å²) < 4.78 is 0. The molecule has 0 aliphatic carbocycles. The van der Waals surface area contributed by atoms with Crippen LogP contribution in [0.25, 0.3) is 0 Å². The van der Waals surface area contributed by atoms with Crippen LogP contribution in [0.15, 0.2) is 0 Å². The minimum absolute atomic E-state index is 0.0966. The van der Waals surface area contributed by atoms with E-state index in [0.29, 0.717) is 0 Å². The molecule has 4 atom stereocenters. The summed E-state index contributed by atoms with van der Waals surface area (Å²) >= 11 is 0. The summed E-state index contributed by atoms with van der Waals surface area (Å²) in [5.74, 6) is 0. The van der Waals surface area contributed by atoms with Crippen LogP contribution in [0.2, 0.25) is 0 Å². The number of aliphatic hydroxyl groups excluding tert-OH is 4. The Morgan fingerprint density at radius 1 is 1.18 bits per heavy atom. The fraction of sp³-hybridized carbons (Fsp3) is 1.00. The molecule has 0 aromatic heterocycles. The van der Waals surface area contributed by atoms with E-state index in [1.165, 1.54) is 0 Å². The summed E-state index contributed by atoms with van der Waals surface area (Å²) in [6, 6.07) is -0.534. The highest BCUT2D eigenvalue weighted by atomic mass is 16.3. The summed E-state index contributed by atoms with van der Waals surface area (Å²) in [5, 5.41) is 38.3. The monoisotopic (exact) mass is 163 g/mol. The summed E-state index contributed by atoms with van der Waals surface area (Å²) in [5.41, 5.74) is 0. The molecule has 0 aromatic rings. The molecule has 1 saturated heterocycles. The first-order chi connectivity index (χ1) is 5.15. The summed E-state index contributed by atoms with van der Waals surface area (Å²) in [6.45, 7) is -0.245. The zero-order chi connectivity index (χ0) is 8.43. The smallest absolute Gasteiger partial charge is 0.131 e. The van der Waals surface area contributed by atoms with Gasteiger partial charge in [0.15, 0.2) is 0 Å². The lowest BCUT2D eigenvalue weighted by molar-refractivity contribution is -0.0873. The predicted octanol–water partition coefficient (Wildman–Crippen LogP) is -2.62. The van der Waals surface area contributed by atoms with Crippen LogP contribution in [0, 0.1) is 0 Å². The Morgan fingerprint density at radius 2 is 1.82 bits per heavy atom. The minimum atomic E-state index is -1.05. The van der Waals surface area contributed by atoms with Gasteiger partial charge in [-0.15, -0.1) is 0 Å². The van der Waals surface area contributed by atoms with Crippen molar-refractivity contribution in [3.63, 3.8) is 0 Å². The third-order valence-electron chi connectivity index (χ3n) is 1.89. The lowest BCUT2D eigenvalue weighted by Gasteiger charge is -2.34. The van der Waals surface area contributed by atoms with Crippen LogP contribution in [0.1, 0.15) is 6.42 Å². The highest BCUT2D eigenvalue weighted by Crippen LogP contribution is 2.12. The Kier molecular flexibility index (Phi) is 2.80. The van der Waals surface area contributed by atoms with Crippen molar-refractivity contribution in [3.05, 3.63) is 0 Å². The third kappa shape index (κ3) is 1.88. The number of hydrogen-bond donors (Lipinski definition) is 5. The SMILES string of the molecule is OC[C@H]1NC(O)[C@H](O)C[C@H]1O. The number of nitrogens with one attached hydrogen (secondary N) is 1. The fourth-order valence-corrected chi connectivity index (χ4v) is 1.16. The average Bonchev–Trinajstić information content (AvgIpc) is 1.97. The molecule has 5 nitrogen and oxygen atoms in total. The van der Waals surface area contributed by atoms with E-state index >= 15 is 0 Å². The summed E-state index contributed by atoms with van der Waals surface area (Å²) in [7, 11) is 0. The number of aliphatic hydroxyl groups is 4. The average molecular weight is 163 g/mol. The van der Waals surface area contributed by atoms with E-state index in [1.807, 2.05) is 0 Å². The summed E-state index contributed by atoms with van der Waals surface area (Å²) in [4.78, 5) is 0. The zero-order valence-corrected chi connectivity index (χ0v) is 6.01. The standard InChI is InChI=1S/C6H13NO4/c8-2-3-4(9)1-5(10)6(11)7-3/h3-11H,1-2H2/t3-,4-,5-,6?/m1/s1. The fourth-order valence-electron chi connectivity index (χ4n) is 1.16. The second-order valence-corrected chi connectivity index (χ2v) is 2.77. The second-order valence-electron chi connectivity index (χ2n) is 2.77. The van der Waals surface area contributed by atoms with Gasteiger partial charge in [0.1, 0.15) is 6.23 Å². The second kappa shape index (κ2) is 3.46. The Labute approximate surface area is 64.3 Å². The van der Waals surface area contributed by atoms with E-state index in [-0.39, 0.29) is 13.0 Å². The van der Waals surface area contributed by atoms with Crippen LogP contribution in [-0.4, -0.2) is 51.5 Å². The van der Waals surface area contributed by atoms with Gasteiger partial charge >= 0.3 is 0 Å². The highest BCUT2D eigenvalue weighted by molar-refractivity contribution is 4.86. The normalized spacial score (nSPS) is 45.8. The van der Waals surface area contributed by atoms with Gasteiger partial charge in [0, 0.05) is 6.42 Å². The molecule has 1 rings (SSSR count). The lowest BCUT2D eigenvalue weighted by atomic mass is 9.99. The Bertz CT molecular complexity index is 132. The van der Waals surface area contributed by atoms with Crippen molar-refractivity contribution in [1.82, 2.24) is 5.32 Å². The van der Waals surface area contributed by atoms with E-state index in [4.69, 9.17) is 20.4 Å². The molecule has 1 fully saturated rings. The maximum Gasteiger partial charge on any atom is 0.131 e. The van der Waals surface area contributed by atoms with Gasteiger partial charge in [0.05, 0.1) is 24.9 Å². The molecule has 0 radical (unpaired) electrons. The molecule has 0 amide bonds. The van der Waals surface area contributed by atoms with E-state index in [0.717, 1.165) is 0 Å². The molecule has 11 heavy (non-hydrogen) atoms. The topological polar surface area (TPSA) is 93.0 Å². The van der Waals surface area contributed by atoms with Gasteiger partial charge in [0.25, 0.3) is 0 Å². The molecule has 1 unspecified atom stereocenters. The van der Waals surface area contributed by atoms with Crippen LogP contribution in [0.3, 0.4) is 0 Å². The van der Waals surface area contributed by atoms with Crippen molar-refractivity contribution >= 4 is 0 Å². The first-order valence-electron chi connectivity index (χ1n) is 3.56. The zero-order valence-electron chi connectivity index (χ0n) is 6.01. The predicted molar refractivity (Wildman–Crippen MR) is 36.6 cm³/mol. The van der Waals surface area contributed by atoms with Crippen molar-refractivity contribution in [2.75, 3.05) is 6.61 Å². The number of piperidine rings is 1. The Hall–Kier alpha value is -0.200. The van der Waals surface area contributed by atoms with Gasteiger partial charge in [-0.3, -0.25) is 5.32 Å². The van der Waals surface area contributed by atoms with Crippen molar-refractivity contribution in [1.29, 1.82) is 0 Å². The Balaban J connectivity index is 2.48. The van der Waals surface area contributed by atoms with Crippen LogP contribution in [0.5, 0.6) is 0 Å². The number of hydrogen-bond acceptors (Lipinski definition) is 5. The molecule has 0 bridgehead atoms. The molecular formula is C6H13NO4. The van der Waals surface area contributed by atoms with Gasteiger partial charge in [-0.1, -0.05) is 0 Å². The van der Waals surface area contributed by atoms with Crippen LogP contribution < -0.4 is 5.32 Å². The van der Waals surface area contributed by atoms with Crippen molar-refractivity contribution in [2.45, 2.75) is 30.9 Å². The van der Waals surface area contributed by atoms with Gasteiger partial charge in [0.2, 0.25) is 0 Å². The lowest BCUT2D eigenvalue weighted by Crippen LogP contribution is -2.58. The molecule has 0 spiro atoms. The first kappa shape index (κ1) is 8.89. The van der Waals surface area contributed by atoms with E-state index < -0.39 is 24.5 Å². The van der Waals surface area contributed by atoms with Crippen LogP contribution in [0.4, 0.5) is 0 Å². The van der Waals surface area contributed by atoms with E-state index in [1.54, 1.807) is 0 Å². The van der Waals surface area contributed by atoms with Gasteiger partial charge in [-0.2, -0.15) is 0 Å². The van der Waals surface area contributed by atoms with Crippen LogP contribution in [-0.2, 0) is 0 Å². The van der Waals surface area contributed by atoms with E-state index in [9.17, 15) is 0 Å². The molecule has 1 aliphatic rings. The highest BCUT2D eigenvalue weighted by Gasteiger charge is 2.32. The van der Waals surface area contributed by atoms with Gasteiger partial charge in [-0.25, -0.2) is 0 Å².